The molecule has 31 heavy (non-hydrogen) atoms. The monoisotopic (exact) mass is 454 g/mol. The van der Waals surface area contributed by atoms with Gasteiger partial charge in [0.15, 0.2) is 11.5 Å². The quantitative estimate of drug-likeness (QED) is 0.339. The lowest BCUT2D eigenvalue weighted by atomic mass is 10.1. The molecule has 14 heteroatoms. The van der Waals surface area contributed by atoms with Crippen molar-refractivity contribution in [2.75, 3.05) is 46.6 Å². The molecule has 0 spiro atoms. The number of hydrogen-bond acceptors (Lipinski definition) is 8. The summed E-state index contributed by atoms with van der Waals surface area (Å²) >= 11 is 0. The van der Waals surface area contributed by atoms with E-state index in [0.717, 1.165) is 51.4 Å². The van der Waals surface area contributed by atoms with E-state index in [9.17, 15) is 28.1 Å². The topological polar surface area (TPSA) is 149 Å². The van der Waals surface area contributed by atoms with Crippen molar-refractivity contribution < 1.29 is 52.1 Å². The molecule has 0 radical (unpaired) electrons. The Bertz CT molecular complexity index is 781. The van der Waals surface area contributed by atoms with E-state index in [1.807, 2.05) is 0 Å². The molecule has 1 aromatic carbocycles. The van der Waals surface area contributed by atoms with Gasteiger partial charge in [-0.1, -0.05) is 0 Å². The first-order chi connectivity index (χ1) is 14.5. The second-order valence-corrected chi connectivity index (χ2v) is 6.04. The predicted octanol–water partition coefficient (Wildman–Crippen LogP) is 2.04. The Balaban J connectivity index is 0.000000592. The van der Waals surface area contributed by atoms with Crippen LogP contribution in [0.5, 0.6) is 11.5 Å². The highest BCUT2D eigenvalue weighted by atomic mass is 19.4. The molecule has 1 aliphatic rings. The first-order valence-electron chi connectivity index (χ1n) is 8.80. The third kappa shape index (κ3) is 8.64. The van der Waals surface area contributed by atoms with Gasteiger partial charge in [-0.25, -0.2) is 9.59 Å². The van der Waals surface area contributed by atoms with Crippen molar-refractivity contribution in [2.45, 2.75) is 12.6 Å². The predicted molar refractivity (Wildman–Crippen MR) is 97.7 cm³/mol. The molecule has 2 rings (SSSR count). The number of aromatic carboxylic acids is 1. The Hall–Kier alpha value is -3.13. The number of methoxy groups -OCH3 is 1. The molecule has 0 unspecified atom stereocenters. The second kappa shape index (κ2) is 11.9. The van der Waals surface area contributed by atoms with E-state index >= 15 is 0 Å². The van der Waals surface area contributed by atoms with E-state index in [2.05, 4.69) is 4.90 Å². The minimum absolute atomic E-state index is 0.157. The second-order valence-electron chi connectivity index (χ2n) is 6.04. The molecule has 0 aliphatic carbocycles. The van der Waals surface area contributed by atoms with Crippen molar-refractivity contribution in [1.82, 2.24) is 4.90 Å². The number of benzene rings is 1. The number of nitrogens with zero attached hydrogens (tertiary/aromatic N) is 2. The SMILES string of the molecule is COc1cc(C(=O)O)c([N+](=O)[O-])cc1OCCCN1CCOCC1.O=C(O)C(F)(F)F. The third-order valence-electron chi connectivity index (χ3n) is 3.93. The Labute approximate surface area is 174 Å². The number of nitro groups is 1. The van der Waals surface area contributed by atoms with Crippen molar-refractivity contribution in [3.63, 3.8) is 0 Å². The van der Waals surface area contributed by atoms with Gasteiger partial charge in [0.25, 0.3) is 5.69 Å². The lowest BCUT2D eigenvalue weighted by Crippen LogP contribution is -2.37. The van der Waals surface area contributed by atoms with Crippen LogP contribution in [0, 0.1) is 10.1 Å². The Morgan fingerprint density at radius 2 is 1.81 bits per heavy atom. The first-order valence-corrected chi connectivity index (χ1v) is 8.80. The number of ether oxygens (including phenoxy) is 3. The molecular formula is C17H21F3N2O9. The fourth-order valence-electron chi connectivity index (χ4n) is 2.44. The number of aliphatic carboxylic acids is 1. The van der Waals surface area contributed by atoms with Gasteiger partial charge in [-0.05, 0) is 6.42 Å². The maximum atomic E-state index is 11.1. The number of carboxylic acid groups (broad SMARTS) is 2. The summed E-state index contributed by atoms with van der Waals surface area (Å²) < 4.78 is 47.7. The van der Waals surface area contributed by atoms with Crippen molar-refractivity contribution in [3.05, 3.63) is 27.8 Å². The van der Waals surface area contributed by atoms with Crippen LogP contribution in [-0.4, -0.2) is 84.7 Å². The zero-order chi connectivity index (χ0) is 23.6. The minimum Gasteiger partial charge on any atom is -0.493 e. The molecular weight excluding hydrogens is 433 g/mol. The number of halogens is 3. The molecule has 0 amide bonds. The Morgan fingerprint density at radius 1 is 1.23 bits per heavy atom. The molecule has 1 heterocycles. The van der Waals surface area contributed by atoms with Gasteiger partial charge in [-0.2, -0.15) is 13.2 Å². The average molecular weight is 454 g/mol. The molecule has 11 nitrogen and oxygen atoms in total. The van der Waals surface area contributed by atoms with Crippen LogP contribution < -0.4 is 9.47 Å². The summed E-state index contributed by atoms with van der Waals surface area (Å²) in [4.78, 5) is 32.6. The van der Waals surface area contributed by atoms with Crippen LogP contribution in [0.15, 0.2) is 12.1 Å². The zero-order valence-corrected chi connectivity index (χ0v) is 16.4. The number of alkyl halides is 3. The first kappa shape index (κ1) is 25.9. The van der Waals surface area contributed by atoms with Gasteiger partial charge >= 0.3 is 18.1 Å². The maximum Gasteiger partial charge on any atom is 0.490 e. The average Bonchev–Trinajstić information content (AvgIpc) is 2.71. The Kier molecular flexibility index (Phi) is 9.95. The lowest BCUT2D eigenvalue weighted by Gasteiger charge is -2.26. The summed E-state index contributed by atoms with van der Waals surface area (Å²) in [5, 5.41) is 27.2. The summed E-state index contributed by atoms with van der Waals surface area (Å²) in [7, 11) is 1.35. The molecule has 174 valence electrons. The van der Waals surface area contributed by atoms with Crippen molar-refractivity contribution in [2.24, 2.45) is 0 Å². The number of carbonyl (C=O) groups is 2. The van der Waals surface area contributed by atoms with Crippen molar-refractivity contribution in [1.29, 1.82) is 0 Å². The van der Waals surface area contributed by atoms with Gasteiger partial charge in [0, 0.05) is 25.7 Å². The van der Waals surface area contributed by atoms with Crippen LogP contribution in [0.4, 0.5) is 18.9 Å². The molecule has 1 aliphatic heterocycles. The zero-order valence-electron chi connectivity index (χ0n) is 16.4. The molecule has 1 fully saturated rings. The van der Waals surface area contributed by atoms with Crippen molar-refractivity contribution >= 4 is 17.6 Å². The standard InChI is InChI=1S/C15H20N2O7.C2HF3O2/c1-22-13-9-11(15(18)19)12(17(20)21)10-14(13)24-6-2-3-16-4-7-23-8-5-16;3-2(4,5)1(6)7/h9-10H,2-8H2,1H3,(H,18,19);(H,6,7). The molecule has 0 bridgehead atoms. The number of morpholine rings is 1. The molecule has 0 saturated carbocycles. The van der Waals surface area contributed by atoms with E-state index < -0.39 is 34.3 Å². The molecule has 0 aromatic heterocycles. The van der Waals surface area contributed by atoms with Gasteiger partial charge in [-0.15, -0.1) is 0 Å². The fourth-order valence-corrected chi connectivity index (χ4v) is 2.44. The summed E-state index contributed by atoms with van der Waals surface area (Å²) in [5.41, 5.74) is -0.955. The van der Waals surface area contributed by atoms with Crippen LogP contribution in [0.25, 0.3) is 0 Å². The van der Waals surface area contributed by atoms with Crippen LogP contribution in [0.2, 0.25) is 0 Å². The smallest absolute Gasteiger partial charge is 0.490 e. The van der Waals surface area contributed by atoms with Crippen LogP contribution in [-0.2, 0) is 9.53 Å². The molecule has 2 N–H and O–H groups in total. The van der Waals surface area contributed by atoms with Gasteiger partial charge in [0.2, 0.25) is 0 Å². The van der Waals surface area contributed by atoms with Gasteiger partial charge in [0.1, 0.15) is 5.56 Å². The number of nitro benzene ring substituents is 1. The number of carboxylic acids is 2. The molecule has 1 aromatic rings. The Morgan fingerprint density at radius 3 is 2.26 bits per heavy atom. The van der Waals surface area contributed by atoms with Gasteiger partial charge in [0.05, 0.1) is 37.9 Å². The highest BCUT2D eigenvalue weighted by Crippen LogP contribution is 2.34. The van der Waals surface area contributed by atoms with E-state index in [4.69, 9.17) is 29.2 Å². The number of rotatable bonds is 8. The molecule has 0 atom stereocenters. The van der Waals surface area contributed by atoms with E-state index in [0.29, 0.717) is 6.61 Å². The summed E-state index contributed by atoms with van der Waals surface area (Å²) in [5.74, 6) is -3.83. The van der Waals surface area contributed by atoms with Gasteiger partial charge in [-0.3, -0.25) is 15.0 Å². The minimum atomic E-state index is -5.08. The van der Waals surface area contributed by atoms with E-state index in [1.54, 1.807) is 0 Å². The van der Waals surface area contributed by atoms with E-state index in [-0.39, 0.29) is 11.5 Å². The van der Waals surface area contributed by atoms with Crippen LogP contribution in [0.1, 0.15) is 16.8 Å². The largest absolute Gasteiger partial charge is 0.493 e. The fraction of sp³-hybridized carbons (Fsp3) is 0.529. The maximum absolute atomic E-state index is 11.1. The van der Waals surface area contributed by atoms with Crippen LogP contribution >= 0.6 is 0 Å². The van der Waals surface area contributed by atoms with Crippen molar-refractivity contribution in [3.8, 4) is 11.5 Å². The van der Waals surface area contributed by atoms with Gasteiger partial charge < -0.3 is 24.4 Å². The van der Waals surface area contributed by atoms with Crippen LogP contribution in [0.3, 0.4) is 0 Å². The normalized spacial score (nSPS) is 14.2. The molecule has 1 saturated heterocycles. The summed E-state index contributed by atoms with van der Waals surface area (Å²) in [6, 6.07) is 2.20. The lowest BCUT2D eigenvalue weighted by molar-refractivity contribution is -0.385. The highest BCUT2D eigenvalue weighted by molar-refractivity contribution is 5.93. The highest BCUT2D eigenvalue weighted by Gasteiger charge is 2.38. The van der Waals surface area contributed by atoms with E-state index in [1.165, 1.54) is 7.11 Å². The summed E-state index contributed by atoms with van der Waals surface area (Å²) in [6.07, 6.45) is -4.35. The summed E-state index contributed by atoms with van der Waals surface area (Å²) in [6.45, 7) is 4.37. The number of hydrogen-bond donors (Lipinski definition) is 2. The third-order valence-corrected chi connectivity index (χ3v) is 3.93.